The molecule has 0 N–H and O–H groups in total. The van der Waals surface area contributed by atoms with E-state index in [1.54, 1.807) is 7.11 Å². The van der Waals surface area contributed by atoms with Gasteiger partial charge in [0.15, 0.2) is 0 Å². The van der Waals surface area contributed by atoms with E-state index in [-0.39, 0.29) is 0 Å². The number of ether oxygens (including phenoxy) is 4. The van der Waals surface area contributed by atoms with Crippen molar-refractivity contribution in [1.82, 2.24) is 0 Å². The minimum absolute atomic E-state index is 0.403. The van der Waals surface area contributed by atoms with Gasteiger partial charge in [-0.25, -0.2) is 0 Å². The molecule has 0 radical (unpaired) electrons. The normalized spacial score (nSPS) is 30.5. The van der Waals surface area contributed by atoms with E-state index in [0.29, 0.717) is 12.7 Å². The molecule has 1 unspecified atom stereocenters. The first-order valence-corrected chi connectivity index (χ1v) is 7.64. The Kier molecular flexibility index (Phi) is 7.14. The molecule has 2 aliphatic rings. The highest BCUT2D eigenvalue weighted by atomic mass is 16.6. The van der Waals surface area contributed by atoms with Gasteiger partial charge in [0, 0.05) is 20.3 Å². The fraction of sp³-hybridized carbons (Fsp3) is 1.00. The lowest BCUT2D eigenvalue weighted by Crippen LogP contribution is -2.20. The quantitative estimate of drug-likeness (QED) is 0.452. The molecule has 0 aromatic carbocycles. The van der Waals surface area contributed by atoms with Crippen molar-refractivity contribution in [3.05, 3.63) is 0 Å². The van der Waals surface area contributed by atoms with Crippen molar-refractivity contribution >= 4 is 0 Å². The Morgan fingerprint density at radius 3 is 2.32 bits per heavy atom. The zero-order valence-corrected chi connectivity index (χ0v) is 12.1. The maximum absolute atomic E-state index is 5.69. The Morgan fingerprint density at radius 1 is 0.895 bits per heavy atom. The van der Waals surface area contributed by atoms with Crippen molar-refractivity contribution in [2.45, 2.75) is 38.2 Å². The van der Waals surface area contributed by atoms with Gasteiger partial charge in [0.2, 0.25) is 0 Å². The third-order valence-corrected chi connectivity index (χ3v) is 4.13. The molecule has 0 bridgehead atoms. The minimum Gasteiger partial charge on any atom is -0.382 e. The van der Waals surface area contributed by atoms with Crippen LogP contribution in [-0.4, -0.2) is 52.9 Å². The smallest absolute Gasteiger partial charge is 0.104 e. The van der Waals surface area contributed by atoms with Crippen LogP contribution in [0.1, 0.15) is 32.1 Å². The van der Waals surface area contributed by atoms with Crippen molar-refractivity contribution in [2.24, 2.45) is 11.8 Å². The lowest BCUT2D eigenvalue weighted by atomic mass is 9.81. The highest BCUT2D eigenvalue weighted by Gasteiger charge is 2.24. The lowest BCUT2D eigenvalue weighted by Gasteiger charge is -2.28. The largest absolute Gasteiger partial charge is 0.382 e. The number of epoxide rings is 1. The number of methoxy groups -OCH3 is 1. The first-order chi connectivity index (χ1) is 9.38. The van der Waals surface area contributed by atoms with Gasteiger partial charge >= 0.3 is 0 Å². The summed E-state index contributed by atoms with van der Waals surface area (Å²) in [5.74, 6) is 1.62. The monoisotopic (exact) mass is 272 g/mol. The van der Waals surface area contributed by atoms with Gasteiger partial charge in [0.05, 0.1) is 26.4 Å². The molecule has 1 saturated heterocycles. The first kappa shape index (κ1) is 15.2. The van der Waals surface area contributed by atoms with Gasteiger partial charge in [-0.05, 0) is 31.1 Å². The second kappa shape index (κ2) is 8.90. The lowest BCUT2D eigenvalue weighted by molar-refractivity contribution is 0.0491. The van der Waals surface area contributed by atoms with Crippen molar-refractivity contribution in [2.75, 3.05) is 46.8 Å². The number of rotatable bonds is 10. The fourth-order valence-corrected chi connectivity index (χ4v) is 2.71. The summed E-state index contributed by atoms with van der Waals surface area (Å²) < 4.78 is 21.3. The summed E-state index contributed by atoms with van der Waals surface area (Å²) in [7, 11) is 1.71. The van der Waals surface area contributed by atoms with Crippen LogP contribution < -0.4 is 0 Å². The van der Waals surface area contributed by atoms with Gasteiger partial charge in [-0.2, -0.15) is 0 Å². The average molecular weight is 272 g/mol. The Labute approximate surface area is 116 Å². The van der Waals surface area contributed by atoms with Crippen molar-refractivity contribution in [3.63, 3.8) is 0 Å². The molecule has 1 aliphatic heterocycles. The summed E-state index contributed by atoms with van der Waals surface area (Å²) in [6.07, 6.45) is 6.90. The van der Waals surface area contributed by atoms with E-state index < -0.39 is 0 Å². The van der Waals surface area contributed by atoms with E-state index in [1.807, 2.05) is 0 Å². The van der Waals surface area contributed by atoms with Gasteiger partial charge in [-0.3, -0.25) is 0 Å². The molecule has 19 heavy (non-hydrogen) atoms. The van der Waals surface area contributed by atoms with Crippen molar-refractivity contribution < 1.29 is 18.9 Å². The first-order valence-electron chi connectivity index (χ1n) is 7.64. The molecule has 0 aromatic heterocycles. The van der Waals surface area contributed by atoms with E-state index in [9.17, 15) is 0 Å². The molecule has 4 nitrogen and oxygen atoms in total. The van der Waals surface area contributed by atoms with Crippen molar-refractivity contribution in [1.29, 1.82) is 0 Å². The van der Waals surface area contributed by atoms with Gasteiger partial charge in [0.25, 0.3) is 0 Å². The molecule has 1 atom stereocenters. The molecule has 0 amide bonds. The molecule has 2 rings (SSSR count). The summed E-state index contributed by atoms with van der Waals surface area (Å²) in [6, 6.07) is 0. The van der Waals surface area contributed by atoms with Gasteiger partial charge in [-0.1, -0.05) is 12.8 Å². The van der Waals surface area contributed by atoms with E-state index >= 15 is 0 Å². The molecule has 4 heteroatoms. The van der Waals surface area contributed by atoms with E-state index in [2.05, 4.69) is 0 Å². The Hall–Kier alpha value is -0.160. The topological polar surface area (TPSA) is 40.2 Å². The van der Waals surface area contributed by atoms with Crippen LogP contribution in [0.5, 0.6) is 0 Å². The van der Waals surface area contributed by atoms with Crippen LogP contribution in [0.3, 0.4) is 0 Å². The summed E-state index contributed by atoms with van der Waals surface area (Å²) in [5, 5.41) is 0. The molecule has 0 spiro atoms. The van der Waals surface area contributed by atoms with Gasteiger partial charge in [0.1, 0.15) is 6.10 Å². The molecule has 1 heterocycles. The fourth-order valence-electron chi connectivity index (χ4n) is 2.71. The van der Waals surface area contributed by atoms with Crippen LogP contribution in [0.25, 0.3) is 0 Å². The maximum Gasteiger partial charge on any atom is 0.104 e. The molecule has 0 aromatic rings. The van der Waals surface area contributed by atoms with Gasteiger partial charge < -0.3 is 18.9 Å². The molecular weight excluding hydrogens is 244 g/mol. The van der Waals surface area contributed by atoms with Gasteiger partial charge in [-0.15, -0.1) is 0 Å². The third kappa shape index (κ3) is 6.70. The van der Waals surface area contributed by atoms with Crippen LogP contribution in [0, 0.1) is 11.8 Å². The van der Waals surface area contributed by atoms with E-state index in [1.165, 1.54) is 32.1 Å². The van der Waals surface area contributed by atoms with Crippen LogP contribution in [-0.2, 0) is 18.9 Å². The predicted molar refractivity (Wildman–Crippen MR) is 73.3 cm³/mol. The molecule has 1 aliphatic carbocycles. The van der Waals surface area contributed by atoms with Crippen LogP contribution in [0.4, 0.5) is 0 Å². The van der Waals surface area contributed by atoms with E-state index in [0.717, 1.165) is 44.9 Å². The number of hydrogen-bond donors (Lipinski definition) is 0. The molecular formula is C15H28O4. The minimum atomic E-state index is 0.403. The molecule has 112 valence electrons. The Morgan fingerprint density at radius 2 is 1.63 bits per heavy atom. The maximum atomic E-state index is 5.69. The summed E-state index contributed by atoms with van der Waals surface area (Å²) >= 11 is 0. The standard InChI is InChI=1S/C15H28O4/c1-16-8-9-17-7-6-13-2-4-14(5-3-13)10-18-11-15-12-19-15/h13-15H,2-12H2,1H3. The Bertz CT molecular complexity index is 222. The highest BCUT2D eigenvalue weighted by Crippen LogP contribution is 2.31. The number of hydrogen-bond acceptors (Lipinski definition) is 4. The average Bonchev–Trinajstić information content (AvgIpc) is 3.24. The van der Waals surface area contributed by atoms with E-state index in [4.69, 9.17) is 18.9 Å². The zero-order valence-electron chi connectivity index (χ0n) is 12.1. The second-order valence-electron chi connectivity index (χ2n) is 5.77. The highest BCUT2D eigenvalue weighted by molar-refractivity contribution is 4.73. The third-order valence-electron chi connectivity index (χ3n) is 4.13. The summed E-state index contributed by atoms with van der Waals surface area (Å²) in [6.45, 7) is 4.94. The van der Waals surface area contributed by atoms with Crippen LogP contribution in [0.15, 0.2) is 0 Å². The predicted octanol–water partition coefficient (Wildman–Crippen LogP) is 2.26. The zero-order chi connectivity index (χ0) is 13.3. The second-order valence-corrected chi connectivity index (χ2v) is 5.77. The molecule has 1 saturated carbocycles. The Balaban J connectivity index is 1.42. The summed E-state index contributed by atoms with van der Waals surface area (Å²) in [5.41, 5.74) is 0. The van der Waals surface area contributed by atoms with Crippen LogP contribution in [0.2, 0.25) is 0 Å². The van der Waals surface area contributed by atoms with Crippen LogP contribution >= 0.6 is 0 Å². The van der Waals surface area contributed by atoms with Crippen molar-refractivity contribution in [3.8, 4) is 0 Å². The molecule has 2 fully saturated rings. The SMILES string of the molecule is COCCOCCC1CCC(COCC2CO2)CC1. The summed E-state index contributed by atoms with van der Waals surface area (Å²) in [4.78, 5) is 0.